The van der Waals surface area contributed by atoms with Gasteiger partial charge in [-0.15, -0.1) is 0 Å². The first-order valence-corrected chi connectivity index (χ1v) is 6.08. The van der Waals surface area contributed by atoms with Gasteiger partial charge in [0.15, 0.2) is 0 Å². The fraction of sp³-hybridized carbons (Fsp3) is 0.500. The lowest BCUT2D eigenvalue weighted by Gasteiger charge is -2.32. The number of nitrogens with two attached hydrogens (primary N) is 1. The Morgan fingerprint density at radius 1 is 1.44 bits per heavy atom. The van der Waals surface area contributed by atoms with Gasteiger partial charge in [0, 0.05) is 44.5 Å². The van der Waals surface area contributed by atoms with Crippen molar-refractivity contribution in [3.8, 4) is 0 Å². The van der Waals surface area contributed by atoms with Crippen molar-refractivity contribution in [2.75, 3.05) is 33.2 Å². The average molecular weight is 249 g/mol. The van der Waals surface area contributed by atoms with Crippen LogP contribution in [0, 0.1) is 0 Å². The second-order valence-electron chi connectivity index (χ2n) is 4.47. The van der Waals surface area contributed by atoms with Crippen LogP contribution in [0.2, 0.25) is 0 Å². The first-order valence-electron chi connectivity index (χ1n) is 6.08. The van der Waals surface area contributed by atoms with Gasteiger partial charge in [0.25, 0.3) is 5.91 Å². The molecule has 1 aliphatic rings. The summed E-state index contributed by atoms with van der Waals surface area (Å²) in [6.07, 6.45) is 1.61. The number of hydrazine groups is 1. The third-order valence-corrected chi connectivity index (χ3v) is 3.05. The second kappa shape index (κ2) is 5.90. The summed E-state index contributed by atoms with van der Waals surface area (Å²) in [4.78, 5) is 18.3. The molecule has 1 saturated heterocycles. The van der Waals surface area contributed by atoms with E-state index in [9.17, 15) is 4.79 Å². The molecule has 6 nitrogen and oxygen atoms in total. The van der Waals surface area contributed by atoms with Crippen LogP contribution >= 0.6 is 0 Å². The summed E-state index contributed by atoms with van der Waals surface area (Å²) in [6.45, 7) is 3.96. The van der Waals surface area contributed by atoms with Gasteiger partial charge >= 0.3 is 0 Å². The van der Waals surface area contributed by atoms with Gasteiger partial charge in [0.05, 0.1) is 5.69 Å². The van der Waals surface area contributed by atoms with Gasteiger partial charge in [0.1, 0.15) is 0 Å². The number of carbonyl (C=O) groups excluding carboxylic acids is 1. The Balaban J connectivity index is 1.94. The van der Waals surface area contributed by atoms with E-state index in [2.05, 4.69) is 22.4 Å². The molecule has 6 heteroatoms. The van der Waals surface area contributed by atoms with E-state index in [-0.39, 0.29) is 5.91 Å². The van der Waals surface area contributed by atoms with Gasteiger partial charge in [-0.25, -0.2) is 5.01 Å². The van der Waals surface area contributed by atoms with Crippen molar-refractivity contribution in [2.45, 2.75) is 6.54 Å². The molecule has 1 aromatic rings. The molecular formula is C12H19N5O. The predicted molar refractivity (Wildman–Crippen MR) is 68.7 cm³/mol. The lowest BCUT2D eigenvalue weighted by Crippen LogP contribution is -2.52. The summed E-state index contributed by atoms with van der Waals surface area (Å²) in [5, 5.41) is 1.95. The first-order chi connectivity index (χ1) is 8.69. The van der Waals surface area contributed by atoms with Crippen LogP contribution in [0.25, 0.3) is 0 Å². The fourth-order valence-corrected chi connectivity index (χ4v) is 1.86. The maximum atomic E-state index is 12.0. The predicted octanol–water partition coefficient (Wildman–Crippen LogP) is -0.567. The van der Waals surface area contributed by atoms with Gasteiger partial charge in [-0.05, 0) is 19.2 Å². The molecule has 0 aliphatic carbocycles. The Kier molecular flexibility index (Phi) is 4.24. The SMILES string of the molecule is CN1CCN(NC(=O)c2ccnc(CN)c2)CC1. The van der Waals surface area contributed by atoms with Crippen LogP contribution in [-0.2, 0) is 6.54 Å². The molecule has 2 rings (SSSR count). The Morgan fingerprint density at radius 2 is 2.17 bits per heavy atom. The van der Waals surface area contributed by atoms with Gasteiger partial charge in [-0.3, -0.25) is 15.2 Å². The smallest absolute Gasteiger partial charge is 0.265 e. The molecule has 1 aliphatic heterocycles. The lowest BCUT2D eigenvalue weighted by molar-refractivity contribution is 0.0662. The van der Waals surface area contributed by atoms with Crippen molar-refractivity contribution in [1.29, 1.82) is 0 Å². The van der Waals surface area contributed by atoms with Crippen molar-refractivity contribution in [3.05, 3.63) is 29.6 Å². The largest absolute Gasteiger partial charge is 0.325 e. The zero-order chi connectivity index (χ0) is 13.0. The number of likely N-dealkylation sites (N-methyl/N-ethyl adjacent to an activating group) is 1. The highest BCUT2D eigenvalue weighted by molar-refractivity contribution is 5.93. The van der Waals surface area contributed by atoms with Crippen molar-refractivity contribution in [3.63, 3.8) is 0 Å². The Labute approximate surface area is 107 Å². The third kappa shape index (κ3) is 3.25. The van der Waals surface area contributed by atoms with E-state index in [1.54, 1.807) is 18.3 Å². The number of hydrogen-bond donors (Lipinski definition) is 2. The molecule has 0 unspecified atom stereocenters. The summed E-state index contributed by atoms with van der Waals surface area (Å²) in [5.74, 6) is -0.100. The molecule has 0 spiro atoms. The van der Waals surface area contributed by atoms with Crippen molar-refractivity contribution in [1.82, 2.24) is 20.3 Å². The van der Waals surface area contributed by atoms with E-state index in [1.807, 2.05) is 5.01 Å². The number of aromatic nitrogens is 1. The molecule has 98 valence electrons. The lowest BCUT2D eigenvalue weighted by atomic mass is 10.2. The Bertz CT molecular complexity index is 415. The summed E-state index contributed by atoms with van der Waals surface area (Å²) in [5.41, 5.74) is 9.74. The molecule has 2 heterocycles. The van der Waals surface area contributed by atoms with Crippen LogP contribution in [0.4, 0.5) is 0 Å². The standard InChI is InChI=1S/C12H19N5O/c1-16-4-6-17(7-5-16)15-12(18)10-2-3-14-11(8-10)9-13/h2-3,8H,4-7,9,13H2,1H3,(H,15,18). The zero-order valence-corrected chi connectivity index (χ0v) is 10.6. The monoisotopic (exact) mass is 249 g/mol. The molecular weight excluding hydrogens is 230 g/mol. The molecule has 3 N–H and O–H groups in total. The van der Waals surface area contributed by atoms with E-state index in [4.69, 9.17) is 5.73 Å². The van der Waals surface area contributed by atoms with Gasteiger partial charge in [0.2, 0.25) is 0 Å². The molecule has 0 aromatic carbocycles. The average Bonchev–Trinajstić information content (AvgIpc) is 2.41. The number of nitrogens with one attached hydrogen (secondary N) is 1. The molecule has 0 radical (unpaired) electrons. The minimum Gasteiger partial charge on any atom is -0.325 e. The summed E-state index contributed by atoms with van der Waals surface area (Å²) < 4.78 is 0. The van der Waals surface area contributed by atoms with Crippen LogP contribution in [-0.4, -0.2) is 54.0 Å². The van der Waals surface area contributed by atoms with E-state index < -0.39 is 0 Å². The highest BCUT2D eigenvalue weighted by Crippen LogP contribution is 2.03. The zero-order valence-electron chi connectivity index (χ0n) is 10.6. The van der Waals surface area contributed by atoms with Crippen molar-refractivity contribution < 1.29 is 4.79 Å². The fourth-order valence-electron chi connectivity index (χ4n) is 1.86. The van der Waals surface area contributed by atoms with E-state index >= 15 is 0 Å². The quantitative estimate of drug-likeness (QED) is 0.750. The van der Waals surface area contributed by atoms with E-state index in [1.165, 1.54) is 0 Å². The first kappa shape index (κ1) is 12.9. The molecule has 1 fully saturated rings. The number of carbonyl (C=O) groups is 1. The van der Waals surface area contributed by atoms with Crippen LogP contribution in [0.3, 0.4) is 0 Å². The Morgan fingerprint density at radius 3 is 2.83 bits per heavy atom. The van der Waals surface area contributed by atoms with Gasteiger partial charge in [-0.2, -0.15) is 0 Å². The van der Waals surface area contributed by atoms with E-state index in [0.717, 1.165) is 31.9 Å². The highest BCUT2D eigenvalue weighted by atomic mass is 16.2. The van der Waals surface area contributed by atoms with Crippen LogP contribution in [0.5, 0.6) is 0 Å². The number of rotatable bonds is 3. The maximum Gasteiger partial charge on any atom is 0.265 e. The molecule has 0 saturated carbocycles. The summed E-state index contributed by atoms with van der Waals surface area (Å²) in [7, 11) is 2.08. The molecule has 0 atom stereocenters. The maximum absolute atomic E-state index is 12.0. The molecule has 1 aromatic heterocycles. The normalized spacial score (nSPS) is 17.7. The minimum absolute atomic E-state index is 0.100. The highest BCUT2D eigenvalue weighted by Gasteiger charge is 2.16. The molecule has 0 bridgehead atoms. The number of amides is 1. The van der Waals surface area contributed by atoms with Crippen LogP contribution in [0.1, 0.15) is 16.1 Å². The van der Waals surface area contributed by atoms with Crippen molar-refractivity contribution >= 4 is 5.91 Å². The van der Waals surface area contributed by atoms with Gasteiger partial charge in [-0.1, -0.05) is 0 Å². The Hall–Kier alpha value is -1.50. The molecule has 18 heavy (non-hydrogen) atoms. The number of nitrogens with zero attached hydrogens (tertiary/aromatic N) is 3. The molecule has 1 amide bonds. The number of pyridine rings is 1. The summed E-state index contributed by atoms with van der Waals surface area (Å²) in [6, 6.07) is 3.43. The number of piperazine rings is 1. The topological polar surface area (TPSA) is 74.5 Å². The van der Waals surface area contributed by atoms with Crippen LogP contribution in [0.15, 0.2) is 18.3 Å². The van der Waals surface area contributed by atoms with E-state index in [0.29, 0.717) is 12.1 Å². The van der Waals surface area contributed by atoms with Crippen molar-refractivity contribution in [2.24, 2.45) is 5.73 Å². The van der Waals surface area contributed by atoms with Crippen LogP contribution < -0.4 is 11.2 Å². The third-order valence-electron chi connectivity index (χ3n) is 3.05. The second-order valence-corrected chi connectivity index (χ2v) is 4.47. The van der Waals surface area contributed by atoms with Gasteiger partial charge < -0.3 is 10.6 Å². The minimum atomic E-state index is -0.100. The number of hydrogen-bond acceptors (Lipinski definition) is 5. The summed E-state index contributed by atoms with van der Waals surface area (Å²) >= 11 is 0.